The van der Waals surface area contributed by atoms with Crippen LogP contribution in [0.15, 0.2) is 24.3 Å². The van der Waals surface area contributed by atoms with Crippen LogP contribution in [0, 0.1) is 5.82 Å². The Morgan fingerprint density at radius 1 is 1.41 bits per heavy atom. The highest BCUT2D eigenvalue weighted by Crippen LogP contribution is 2.23. The van der Waals surface area contributed by atoms with Gasteiger partial charge in [-0.3, -0.25) is 9.48 Å². The molecule has 0 bridgehead atoms. The number of halogens is 2. The number of aromatic nitrogens is 2. The van der Waals surface area contributed by atoms with Gasteiger partial charge in [-0.1, -0.05) is 17.7 Å². The maximum atomic E-state index is 13.8. The summed E-state index contributed by atoms with van der Waals surface area (Å²) in [5.41, 5.74) is 0.231. The van der Waals surface area contributed by atoms with Gasteiger partial charge in [-0.2, -0.15) is 5.10 Å². The molecule has 2 heterocycles. The first-order valence-corrected chi connectivity index (χ1v) is 6.88. The van der Waals surface area contributed by atoms with Crippen LogP contribution in [-0.2, 0) is 13.1 Å². The fraction of sp³-hybridized carbons (Fsp3) is 0.214. The van der Waals surface area contributed by atoms with Crippen LogP contribution < -0.4 is 0 Å². The minimum absolute atomic E-state index is 0.0257. The number of benzene rings is 1. The zero-order valence-corrected chi connectivity index (χ0v) is 12.0. The third-order valence-corrected chi connectivity index (χ3v) is 3.85. The van der Waals surface area contributed by atoms with Crippen LogP contribution in [0.4, 0.5) is 4.39 Å². The number of hydrogen-bond donors (Lipinski definition) is 1. The van der Waals surface area contributed by atoms with E-state index in [0.29, 0.717) is 13.1 Å². The van der Waals surface area contributed by atoms with E-state index in [0.717, 1.165) is 0 Å². The van der Waals surface area contributed by atoms with Crippen molar-refractivity contribution in [3.05, 3.63) is 52.1 Å². The van der Waals surface area contributed by atoms with Crippen molar-refractivity contribution < 1.29 is 19.1 Å². The first kappa shape index (κ1) is 14.5. The Bertz CT molecular complexity index is 754. The Balaban J connectivity index is 1.88. The fourth-order valence-electron chi connectivity index (χ4n) is 2.37. The largest absolute Gasteiger partial charge is 0.476 e. The molecule has 0 saturated heterocycles. The van der Waals surface area contributed by atoms with E-state index in [1.807, 2.05) is 0 Å². The Labute approximate surface area is 129 Å². The number of fused-ring (bicyclic) bond motifs is 1. The fourth-order valence-corrected chi connectivity index (χ4v) is 2.59. The van der Waals surface area contributed by atoms with Crippen molar-refractivity contribution in [2.45, 2.75) is 13.1 Å². The first-order chi connectivity index (χ1) is 10.5. The molecule has 1 N–H and O–H groups in total. The van der Waals surface area contributed by atoms with Crippen LogP contribution in [0.5, 0.6) is 0 Å². The summed E-state index contributed by atoms with van der Waals surface area (Å²) in [6.07, 6.45) is 0. The number of hydrogen-bond acceptors (Lipinski definition) is 3. The van der Waals surface area contributed by atoms with E-state index in [4.69, 9.17) is 16.7 Å². The van der Waals surface area contributed by atoms with E-state index in [1.54, 1.807) is 6.07 Å². The third-order valence-electron chi connectivity index (χ3n) is 3.50. The number of carboxylic acids is 1. The standard InChI is InChI=1S/C14H11ClFN3O3/c15-9-2-1-3-10(16)8(9)7-18-4-5-19-12(13(18)20)6-11(17-19)14(21)22/h1-3,6H,4-5,7H2,(H,21,22). The van der Waals surface area contributed by atoms with Gasteiger partial charge >= 0.3 is 5.97 Å². The molecule has 6 nitrogen and oxygen atoms in total. The van der Waals surface area contributed by atoms with E-state index in [1.165, 1.54) is 27.8 Å². The van der Waals surface area contributed by atoms with Gasteiger partial charge in [0.15, 0.2) is 5.69 Å². The Kier molecular flexibility index (Phi) is 3.58. The van der Waals surface area contributed by atoms with Crippen molar-refractivity contribution in [2.75, 3.05) is 6.54 Å². The molecule has 22 heavy (non-hydrogen) atoms. The number of carboxylic acid groups (broad SMARTS) is 1. The second-order valence-electron chi connectivity index (χ2n) is 4.87. The molecule has 114 valence electrons. The van der Waals surface area contributed by atoms with Gasteiger partial charge in [0.05, 0.1) is 13.1 Å². The average Bonchev–Trinajstić information content (AvgIpc) is 2.90. The molecule has 0 fully saturated rings. The lowest BCUT2D eigenvalue weighted by molar-refractivity contribution is 0.0669. The molecule has 1 aliphatic heterocycles. The zero-order valence-electron chi connectivity index (χ0n) is 11.3. The molecule has 1 amide bonds. The molecule has 1 aromatic heterocycles. The molecular weight excluding hydrogens is 313 g/mol. The monoisotopic (exact) mass is 323 g/mol. The van der Waals surface area contributed by atoms with Crippen molar-refractivity contribution in [2.24, 2.45) is 0 Å². The Morgan fingerprint density at radius 2 is 2.18 bits per heavy atom. The molecule has 1 aromatic carbocycles. The predicted octanol–water partition coefficient (Wildman–Crippen LogP) is 2.03. The number of aromatic carboxylic acids is 1. The van der Waals surface area contributed by atoms with Crippen molar-refractivity contribution in [1.82, 2.24) is 14.7 Å². The van der Waals surface area contributed by atoms with Gasteiger partial charge in [0, 0.05) is 23.2 Å². The smallest absolute Gasteiger partial charge is 0.356 e. The van der Waals surface area contributed by atoms with Gasteiger partial charge in [0.1, 0.15) is 11.5 Å². The molecule has 0 unspecified atom stereocenters. The topological polar surface area (TPSA) is 75.4 Å². The summed E-state index contributed by atoms with van der Waals surface area (Å²) in [4.78, 5) is 24.7. The van der Waals surface area contributed by atoms with Gasteiger partial charge < -0.3 is 10.0 Å². The van der Waals surface area contributed by atoms with Crippen LogP contribution in [0.1, 0.15) is 26.5 Å². The molecule has 3 rings (SSSR count). The van der Waals surface area contributed by atoms with Crippen LogP contribution in [0.2, 0.25) is 5.02 Å². The maximum absolute atomic E-state index is 13.8. The molecule has 1 aliphatic rings. The number of nitrogens with zero attached hydrogens (tertiary/aromatic N) is 3. The Morgan fingerprint density at radius 3 is 2.86 bits per heavy atom. The van der Waals surface area contributed by atoms with Gasteiger partial charge in [-0.25, -0.2) is 9.18 Å². The first-order valence-electron chi connectivity index (χ1n) is 6.50. The number of rotatable bonds is 3. The van der Waals surface area contributed by atoms with Gasteiger partial charge in [0.2, 0.25) is 0 Å². The zero-order chi connectivity index (χ0) is 15.9. The minimum atomic E-state index is -1.20. The number of carbonyl (C=O) groups excluding carboxylic acids is 1. The molecule has 0 saturated carbocycles. The second-order valence-corrected chi connectivity index (χ2v) is 5.28. The molecule has 0 aliphatic carbocycles. The van der Waals surface area contributed by atoms with Gasteiger partial charge in [0.25, 0.3) is 5.91 Å². The molecule has 0 spiro atoms. The quantitative estimate of drug-likeness (QED) is 0.937. The summed E-state index contributed by atoms with van der Waals surface area (Å²) in [7, 11) is 0. The van der Waals surface area contributed by atoms with E-state index in [2.05, 4.69) is 5.10 Å². The SMILES string of the molecule is O=C(O)c1cc2n(n1)CCN(Cc1c(F)cccc1Cl)C2=O. The highest BCUT2D eigenvalue weighted by atomic mass is 35.5. The minimum Gasteiger partial charge on any atom is -0.476 e. The van der Waals surface area contributed by atoms with Crippen LogP contribution in [0.25, 0.3) is 0 Å². The molecule has 0 atom stereocenters. The molecule has 8 heteroatoms. The van der Waals surface area contributed by atoms with Crippen molar-refractivity contribution in [3.63, 3.8) is 0 Å². The lowest BCUT2D eigenvalue weighted by Crippen LogP contribution is -2.40. The van der Waals surface area contributed by atoms with Gasteiger partial charge in [-0.15, -0.1) is 0 Å². The predicted molar refractivity (Wildman–Crippen MR) is 75.3 cm³/mol. The lowest BCUT2D eigenvalue weighted by Gasteiger charge is -2.27. The third kappa shape index (κ3) is 2.43. The normalized spacial score (nSPS) is 14.1. The molecular formula is C14H11ClFN3O3. The van der Waals surface area contributed by atoms with Gasteiger partial charge in [-0.05, 0) is 12.1 Å². The van der Waals surface area contributed by atoms with E-state index in [9.17, 15) is 14.0 Å². The summed E-state index contributed by atoms with van der Waals surface area (Å²) < 4.78 is 15.2. The van der Waals surface area contributed by atoms with Crippen LogP contribution in [0.3, 0.4) is 0 Å². The van der Waals surface area contributed by atoms with Crippen LogP contribution >= 0.6 is 11.6 Å². The summed E-state index contributed by atoms with van der Waals surface area (Å²) in [5.74, 6) is -2.07. The number of amides is 1. The number of carbonyl (C=O) groups is 2. The van der Waals surface area contributed by atoms with Crippen molar-refractivity contribution >= 4 is 23.5 Å². The van der Waals surface area contributed by atoms with Crippen molar-refractivity contribution in [3.8, 4) is 0 Å². The Hall–Kier alpha value is -2.41. The van der Waals surface area contributed by atoms with E-state index in [-0.39, 0.29) is 28.5 Å². The summed E-state index contributed by atoms with van der Waals surface area (Å²) in [6.45, 7) is 0.676. The molecule has 0 radical (unpaired) electrons. The maximum Gasteiger partial charge on any atom is 0.356 e. The second kappa shape index (κ2) is 5.42. The highest BCUT2D eigenvalue weighted by Gasteiger charge is 2.28. The lowest BCUT2D eigenvalue weighted by atomic mass is 10.1. The summed E-state index contributed by atoms with van der Waals surface area (Å²) in [6, 6.07) is 5.55. The average molecular weight is 324 g/mol. The van der Waals surface area contributed by atoms with E-state index >= 15 is 0 Å². The van der Waals surface area contributed by atoms with Crippen LogP contribution in [-0.4, -0.2) is 38.2 Å². The molecule has 2 aromatic rings. The summed E-state index contributed by atoms with van der Waals surface area (Å²) in [5, 5.41) is 13.0. The van der Waals surface area contributed by atoms with E-state index < -0.39 is 17.7 Å². The summed E-state index contributed by atoms with van der Waals surface area (Å²) >= 11 is 5.97. The van der Waals surface area contributed by atoms with Crippen molar-refractivity contribution in [1.29, 1.82) is 0 Å². The highest BCUT2D eigenvalue weighted by molar-refractivity contribution is 6.31.